The highest BCUT2D eigenvalue weighted by Gasteiger charge is 2.21. The number of hydrogen-bond acceptors (Lipinski definition) is 2. The Hall–Kier alpha value is -0.0800. The van der Waals surface area contributed by atoms with Crippen LogP contribution in [0.15, 0.2) is 0 Å². The van der Waals surface area contributed by atoms with Crippen LogP contribution >= 0.6 is 0 Å². The zero-order chi connectivity index (χ0) is 9.68. The molecule has 0 spiro atoms. The maximum atomic E-state index is 5.72. The monoisotopic (exact) mass is 186 g/mol. The molecule has 0 radical (unpaired) electrons. The third-order valence-corrected chi connectivity index (χ3v) is 3.05. The van der Waals surface area contributed by atoms with Crippen molar-refractivity contribution in [2.45, 2.75) is 58.3 Å². The lowest BCUT2D eigenvalue weighted by molar-refractivity contribution is -0.155. The molecule has 2 atom stereocenters. The average molecular weight is 186 g/mol. The van der Waals surface area contributed by atoms with Crippen LogP contribution in [0.4, 0.5) is 0 Å². The normalized spacial score (nSPS) is 24.2. The molecule has 0 aromatic rings. The largest absolute Gasteiger partial charge is 0.356 e. The smallest absolute Gasteiger partial charge is 0.154 e. The second-order valence-corrected chi connectivity index (χ2v) is 4.04. The fourth-order valence-electron chi connectivity index (χ4n) is 2.07. The molecule has 2 nitrogen and oxygen atoms in total. The van der Waals surface area contributed by atoms with Crippen LogP contribution in [0.25, 0.3) is 0 Å². The molecule has 13 heavy (non-hydrogen) atoms. The maximum Gasteiger partial charge on any atom is 0.154 e. The first-order valence-electron chi connectivity index (χ1n) is 5.42. The molecule has 0 aromatic heterocycles. The van der Waals surface area contributed by atoms with Gasteiger partial charge < -0.3 is 9.47 Å². The third-order valence-electron chi connectivity index (χ3n) is 3.05. The molecule has 1 aliphatic carbocycles. The minimum absolute atomic E-state index is 0.0584. The van der Waals surface area contributed by atoms with Crippen molar-refractivity contribution in [2.24, 2.45) is 5.92 Å². The molecule has 0 saturated heterocycles. The van der Waals surface area contributed by atoms with E-state index in [0.717, 1.165) is 5.92 Å². The molecule has 1 aliphatic rings. The Kier molecular flexibility index (Phi) is 4.74. The Balaban J connectivity index is 2.24. The van der Waals surface area contributed by atoms with Gasteiger partial charge in [-0.1, -0.05) is 19.3 Å². The molecule has 0 N–H and O–H groups in total. The predicted octanol–water partition coefficient (Wildman–Crippen LogP) is 2.96. The Labute approximate surface area is 81.6 Å². The Bertz CT molecular complexity index is 130. The van der Waals surface area contributed by atoms with E-state index < -0.39 is 0 Å². The van der Waals surface area contributed by atoms with Crippen LogP contribution < -0.4 is 0 Å². The zero-order valence-electron chi connectivity index (χ0n) is 9.08. The first-order chi connectivity index (χ1) is 6.24. The minimum Gasteiger partial charge on any atom is -0.356 e. The van der Waals surface area contributed by atoms with Gasteiger partial charge in [0.15, 0.2) is 6.29 Å². The van der Waals surface area contributed by atoms with Gasteiger partial charge in [-0.2, -0.15) is 0 Å². The van der Waals surface area contributed by atoms with E-state index in [0.29, 0.717) is 6.10 Å². The predicted molar refractivity (Wildman–Crippen MR) is 53.6 cm³/mol. The summed E-state index contributed by atoms with van der Waals surface area (Å²) >= 11 is 0. The summed E-state index contributed by atoms with van der Waals surface area (Å²) in [5.74, 6) is 0.756. The fraction of sp³-hybridized carbons (Fsp3) is 1.00. The molecule has 1 rings (SSSR count). The molecule has 2 heteroatoms. The van der Waals surface area contributed by atoms with E-state index in [1.807, 2.05) is 6.92 Å². The van der Waals surface area contributed by atoms with E-state index >= 15 is 0 Å². The number of ether oxygens (including phenoxy) is 2. The first-order valence-corrected chi connectivity index (χ1v) is 5.42. The van der Waals surface area contributed by atoms with Gasteiger partial charge in [-0.25, -0.2) is 0 Å². The second kappa shape index (κ2) is 5.61. The molecule has 1 saturated carbocycles. The van der Waals surface area contributed by atoms with Crippen LogP contribution in [0.3, 0.4) is 0 Å². The number of rotatable bonds is 4. The van der Waals surface area contributed by atoms with Crippen molar-refractivity contribution in [3.8, 4) is 0 Å². The summed E-state index contributed by atoms with van der Waals surface area (Å²) in [6.45, 7) is 4.13. The van der Waals surface area contributed by atoms with Gasteiger partial charge in [0.1, 0.15) is 0 Å². The first kappa shape index (κ1) is 11.0. The number of methoxy groups -OCH3 is 1. The summed E-state index contributed by atoms with van der Waals surface area (Å²) in [5, 5.41) is 0. The summed E-state index contributed by atoms with van der Waals surface area (Å²) in [6, 6.07) is 0. The molecule has 0 aromatic carbocycles. The molecule has 78 valence electrons. The molecule has 2 unspecified atom stereocenters. The summed E-state index contributed by atoms with van der Waals surface area (Å²) < 4.78 is 10.8. The SMILES string of the molecule is COC(C)OC(C)C1CCCCC1. The van der Waals surface area contributed by atoms with E-state index in [9.17, 15) is 0 Å². The number of hydrogen-bond donors (Lipinski definition) is 0. The fourth-order valence-corrected chi connectivity index (χ4v) is 2.07. The lowest BCUT2D eigenvalue weighted by atomic mass is 9.86. The highest BCUT2D eigenvalue weighted by Crippen LogP contribution is 2.28. The van der Waals surface area contributed by atoms with E-state index in [1.165, 1.54) is 32.1 Å². The van der Waals surface area contributed by atoms with Crippen molar-refractivity contribution >= 4 is 0 Å². The van der Waals surface area contributed by atoms with Crippen molar-refractivity contribution in [3.63, 3.8) is 0 Å². The van der Waals surface area contributed by atoms with Gasteiger partial charge in [0.05, 0.1) is 6.10 Å². The van der Waals surface area contributed by atoms with Crippen LogP contribution in [0.5, 0.6) is 0 Å². The molecule has 0 aliphatic heterocycles. The second-order valence-electron chi connectivity index (χ2n) is 4.04. The maximum absolute atomic E-state index is 5.72. The highest BCUT2D eigenvalue weighted by molar-refractivity contribution is 4.71. The van der Waals surface area contributed by atoms with Crippen LogP contribution in [0.2, 0.25) is 0 Å². The average Bonchev–Trinajstić information content (AvgIpc) is 2.19. The molecular formula is C11H22O2. The van der Waals surface area contributed by atoms with Crippen molar-refractivity contribution in [2.75, 3.05) is 7.11 Å². The highest BCUT2D eigenvalue weighted by atomic mass is 16.7. The topological polar surface area (TPSA) is 18.5 Å². The van der Waals surface area contributed by atoms with Crippen molar-refractivity contribution < 1.29 is 9.47 Å². The Morgan fingerprint density at radius 1 is 1.08 bits per heavy atom. The molecule has 1 fully saturated rings. The summed E-state index contributed by atoms with van der Waals surface area (Å²) in [6.07, 6.45) is 7.12. The van der Waals surface area contributed by atoms with Gasteiger partial charge in [-0.15, -0.1) is 0 Å². The van der Waals surface area contributed by atoms with E-state index in [1.54, 1.807) is 7.11 Å². The standard InChI is InChI=1S/C11H22O2/c1-9(13-10(2)12-3)11-7-5-4-6-8-11/h9-11H,4-8H2,1-3H3. The van der Waals surface area contributed by atoms with Crippen molar-refractivity contribution in [1.82, 2.24) is 0 Å². The van der Waals surface area contributed by atoms with Crippen molar-refractivity contribution in [3.05, 3.63) is 0 Å². The minimum atomic E-state index is -0.0584. The Morgan fingerprint density at radius 3 is 2.23 bits per heavy atom. The quantitative estimate of drug-likeness (QED) is 0.628. The van der Waals surface area contributed by atoms with E-state index in [2.05, 4.69) is 6.92 Å². The van der Waals surface area contributed by atoms with Gasteiger partial charge in [-0.3, -0.25) is 0 Å². The zero-order valence-corrected chi connectivity index (χ0v) is 9.08. The van der Waals surface area contributed by atoms with Gasteiger partial charge >= 0.3 is 0 Å². The summed E-state index contributed by atoms with van der Waals surface area (Å²) in [4.78, 5) is 0. The van der Waals surface area contributed by atoms with Crippen LogP contribution in [-0.4, -0.2) is 19.5 Å². The summed E-state index contributed by atoms with van der Waals surface area (Å²) in [7, 11) is 1.69. The lowest BCUT2D eigenvalue weighted by Crippen LogP contribution is -2.27. The third kappa shape index (κ3) is 3.65. The van der Waals surface area contributed by atoms with Gasteiger partial charge in [-0.05, 0) is 32.6 Å². The molecule has 0 bridgehead atoms. The molecule has 0 heterocycles. The van der Waals surface area contributed by atoms with E-state index in [-0.39, 0.29) is 6.29 Å². The van der Waals surface area contributed by atoms with Gasteiger partial charge in [0.25, 0.3) is 0 Å². The lowest BCUT2D eigenvalue weighted by Gasteiger charge is -2.29. The van der Waals surface area contributed by atoms with Gasteiger partial charge in [0, 0.05) is 7.11 Å². The van der Waals surface area contributed by atoms with Crippen LogP contribution in [-0.2, 0) is 9.47 Å². The van der Waals surface area contributed by atoms with Gasteiger partial charge in [0.2, 0.25) is 0 Å². The van der Waals surface area contributed by atoms with Crippen LogP contribution in [0.1, 0.15) is 46.0 Å². The summed E-state index contributed by atoms with van der Waals surface area (Å²) in [5.41, 5.74) is 0. The van der Waals surface area contributed by atoms with Crippen LogP contribution in [0, 0.1) is 5.92 Å². The molecular weight excluding hydrogens is 164 g/mol. The Morgan fingerprint density at radius 2 is 1.69 bits per heavy atom. The molecule has 0 amide bonds. The van der Waals surface area contributed by atoms with E-state index in [4.69, 9.17) is 9.47 Å². The van der Waals surface area contributed by atoms with Crippen molar-refractivity contribution in [1.29, 1.82) is 0 Å².